The topological polar surface area (TPSA) is 86.8 Å². The van der Waals surface area contributed by atoms with Crippen LogP contribution in [0.15, 0.2) is 88.2 Å². The van der Waals surface area contributed by atoms with E-state index in [1.807, 2.05) is 13.8 Å². The maximum atomic E-state index is 14.6. The third-order valence-corrected chi connectivity index (χ3v) is 8.19. The molecular weight excluding hydrogens is 573 g/mol. The van der Waals surface area contributed by atoms with Crippen molar-refractivity contribution in [1.29, 1.82) is 0 Å². The first-order valence-electron chi connectivity index (χ1n) is 12.1. The predicted octanol–water partition coefficient (Wildman–Crippen LogP) is 4.97. The number of carbonyl (C=O) groups is 2. The Morgan fingerprint density at radius 1 is 0.921 bits per heavy atom. The second-order valence-corrected chi connectivity index (χ2v) is 12.0. The van der Waals surface area contributed by atoms with Crippen molar-refractivity contribution < 1.29 is 22.4 Å². The molecule has 0 saturated heterocycles. The van der Waals surface area contributed by atoms with Crippen LogP contribution in [0, 0.1) is 11.7 Å². The van der Waals surface area contributed by atoms with E-state index in [9.17, 15) is 22.4 Å². The van der Waals surface area contributed by atoms with Crippen molar-refractivity contribution in [2.45, 2.75) is 38.3 Å². The summed E-state index contributed by atoms with van der Waals surface area (Å²) in [5, 5.41) is 2.80. The Kier molecular flexibility index (Phi) is 10.0. The van der Waals surface area contributed by atoms with Crippen LogP contribution in [-0.2, 0) is 26.2 Å². The highest BCUT2D eigenvalue weighted by Crippen LogP contribution is 2.26. The van der Waals surface area contributed by atoms with Crippen LogP contribution in [0.3, 0.4) is 0 Å². The van der Waals surface area contributed by atoms with Crippen LogP contribution in [0.4, 0.5) is 10.1 Å². The molecule has 202 valence electrons. The highest BCUT2D eigenvalue weighted by molar-refractivity contribution is 9.10. The molecule has 0 aliphatic heterocycles. The Bertz CT molecular complexity index is 1350. The normalized spacial score (nSPS) is 12.2. The van der Waals surface area contributed by atoms with Gasteiger partial charge in [0.2, 0.25) is 11.8 Å². The number of sulfonamides is 1. The van der Waals surface area contributed by atoms with Gasteiger partial charge >= 0.3 is 0 Å². The number of hydrogen-bond donors (Lipinski definition) is 1. The summed E-state index contributed by atoms with van der Waals surface area (Å²) in [6, 6.07) is 19.3. The lowest BCUT2D eigenvalue weighted by molar-refractivity contribution is -0.139. The van der Waals surface area contributed by atoms with Crippen molar-refractivity contribution in [2.75, 3.05) is 17.4 Å². The largest absolute Gasteiger partial charge is 0.354 e. The lowest BCUT2D eigenvalue weighted by Gasteiger charge is -2.32. The van der Waals surface area contributed by atoms with Crippen molar-refractivity contribution >= 4 is 43.5 Å². The van der Waals surface area contributed by atoms with E-state index in [0.717, 1.165) is 8.78 Å². The number of hydrogen-bond acceptors (Lipinski definition) is 4. The molecule has 3 aromatic carbocycles. The number of anilines is 1. The summed E-state index contributed by atoms with van der Waals surface area (Å²) >= 11 is 3.34. The average molecular weight is 605 g/mol. The van der Waals surface area contributed by atoms with Crippen molar-refractivity contribution in [1.82, 2.24) is 10.2 Å². The fourth-order valence-corrected chi connectivity index (χ4v) is 5.40. The Morgan fingerprint density at radius 3 is 2.13 bits per heavy atom. The van der Waals surface area contributed by atoms with E-state index in [1.165, 1.54) is 35.2 Å². The molecule has 0 unspecified atom stereocenters. The maximum absolute atomic E-state index is 14.6. The van der Waals surface area contributed by atoms with Crippen LogP contribution in [-0.4, -0.2) is 44.3 Å². The number of benzene rings is 3. The van der Waals surface area contributed by atoms with Crippen LogP contribution in [0.5, 0.6) is 0 Å². The van der Waals surface area contributed by atoms with E-state index in [0.29, 0.717) is 6.54 Å². The van der Waals surface area contributed by atoms with E-state index in [1.54, 1.807) is 55.5 Å². The zero-order valence-corrected chi connectivity index (χ0v) is 23.9. The Morgan fingerprint density at radius 2 is 1.53 bits per heavy atom. The monoisotopic (exact) mass is 603 g/mol. The first kappa shape index (κ1) is 29.3. The van der Waals surface area contributed by atoms with Crippen molar-refractivity contribution in [3.8, 4) is 0 Å². The molecule has 1 atom stereocenters. The standard InChI is InChI=1S/C28H31BrFN3O4S/c1-20(2)17-31-28(35)21(3)32(18-22-9-7-8-12-26(22)30)27(34)19-33(24-15-13-23(29)14-16-24)38(36,37)25-10-5-4-6-11-25/h4-16,20-21H,17-19H2,1-3H3,(H,31,35)/t21-/m1/s1. The van der Waals surface area contributed by atoms with E-state index in [-0.39, 0.29) is 28.6 Å². The predicted molar refractivity (Wildman–Crippen MR) is 149 cm³/mol. The van der Waals surface area contributed by atoms with Crippen molar-refractivity contribution in [3.63, 3.8) is 0 Å². The fraction of sp³-hybridized carbons (Fsp3) is 0.286. The molecule has 38 heavy (non-hydrogen) atoms. The second kappa shape index (κ2) is 13.0. The fourth-order valence-electron chi connectivity index (χ4n) is 3.70. The molecule has 2 amide bonds. The minimum atomic E-state index is -4.15. The molecule has 3 aromatic rings. The van der Waals surface area contributed by atoms with E-state index in [2.05, 4.69) is 21.2 Å². The second-order valence-electron chi connectivity index (χ2n) is 9.23. The van der Waals surface area contributed by atoms with Gasteiger partial charge in [-0.25, -0.2) is 12.8 Å². The molecule has 0 aliphatic rings. The van der Waals surface area contributed by atoms with Gasteiger partial charge < -0.3 is 10.2 Å². The number of halogens is 2. The SMILES string of the molecule is CC(C)CNC(=O)[C@@H](C)N(Cc1ccccc1F)C(=O)CN(c1ccc(Br)cc1)S(=O)(=O)c1ccccc1. The summed E-state index contributed by atoms with van der Waals surface area (Å²) in [6.45, 7) is 5.04. The molecule has 10 heteroatoms. The molecular formula is C28H31BrFN3O4S. The minimum absolute atomic E-state index is 0.0131. The third-order valence-electron chi connectivity index (χ3n) is 5.88. The quantitative estimate of drug-likeness (QED) is 0.335. The zero-order valence-electron chi connectivity index (χ0n) is 21.5. The Balaban J connectivity index is 2.00. The number of amides is 2. The summed E-state index contributed by atoms with van der Waals surface area (Å²) in [5.74, 6) is -1.40. The smallest absolute Gasteiger partial charge is 0.264 e. The van der Waals surface area contributed by atoms with E-state index < -0.39 is 40.2 Å². The minimum Gasteiger partial charge on any atom is -0.354 e. The molecule has 0 spiro atoms. The van der Waals surface area contributed by atoms with Gasteiger partial charge in [0, 0.05) is 23.1 Å². The lowest BCUT2D eigenvalue weighted by atomic mass is 10.1. The van der Waals surface area contributed by atoms with Gasteiger partial charge in [-0.15, -0.1) is 0 Å². The van der Waals surface area contributed by atoms with Gasteiger partial charge in [0.05, 0.1) is 10.6 Å². The molecule has 0 saturated carbocycles. The molecule has 3 rings (SSSR count). The number of nitrogens with zero attached hydrogens (tertiary/aromatic N) is 2. The van der Waals surface area contributed by atoms with Gasteiger partial charge in [0.25, 0.3) is 10.0 Å². The van der Waals surface area contributed by atoms with Crippen LogP contribution >= 0.6 is 15.9 Å². The van der Waals surface area contributed by atoms with Crippen molar-refractivity contribution in [3.05, 3.63) is 94.7 Å². The first-order chi connectivity index (χ1) is 18.0. The van der Waals surface area contributed by atoms with Crippen LogP contribution in [0.2, 0.25) is 0 Å². The summed E-state index contributed by atoms with van der Waals surface area (Å²) in [7, 11) is -4.15. The average Bonchev–Trinajstić information content (AvgIpc) is 2.90. The first-order valence-corrected chi connectivity index (χ1v) is 14.4. The molecule has 0 radical (unpaired) electrons. The van der Waals surface area contributed by atoms with Gasteiger partial charge in [0.15, 0.2) is 0 Å². The molecule has 0 bridgehead atoms. The van der Waals surface area contributed by atoms with Crippen molar-refractivity contribution in [2.24, 2.45) is 5.92 Å². The maximum Gasteiger partial charge on any atom is 0.264 e. The van der Waals surface area contributed by atoms with Gasteiger partial charge in [-0.05, 0) is 55.3 Å². The third kappa shape index (κ3) is 7.41. The number of rotatable bonds is 11. The highest BCUT2D eigenvalue weighted by Gasteiger charge is 2.32. The summed E-state index contributed by atoms with van der Waals surface area (Å²) in [6.07, 6.45) is 0. The molecule has 0 aliphatic carbocycles. The zero-order chi connectivity index (χ0) is 27.9. The molecule has 0 fully saturated rings. The molecule has 0 heterocycles. The van der Waals surface area contributed by atoms with Crippen LogP contribution in [0.25, 0.3) is 0 Å². The molecule has 1 N–H and O–H groups in total. The summed E-state index contributed by atoms with van der Waals surface area (Å²) < 4.78 is 43.6. The number of nitrogens with one attached hydrogen (secondary N) is 1. The van der Waals surface area contributed by atoms with E-state index in [4.69, 9.17) is 0 Å². The van der Waals surface area contributed by atoms with E-state index >= 15 is 0 Å². The van der Waals surface area contributed by atoms with Gasteiger partial charge in [-0.3, -0.25) is 13.9 Å². The highest BCUT2D eigenvalue weighted by atomic mass is 79.9. The van der Waals surface area contributed by atoms with Crippen LogP contribution in [0.1, 0.15) is 26.3 Å². The van der Waals surface area contributed by atoms with Gasteiger partial charge in [-0.1, -0.05) is 66.2 Å². The molecule has 0 aromatic heterocycles. The molecule has 7 nitrogen and oxygen atoms in total. The Labute approximate surface area is 231 Å². The van der Waals surface area contributed by atoms with Crippen LogP contribution < -0.4 is 9.62 Å². The van der Waals surface area contributed by atoms with Gasteiger partial charge in [0.1, 0.15) is 18.4 Å². The Hall–Kier alpha value is -3.24. The lowest BCUT2D eigenvalue weighted by Crippen LogP contribution is -2.51. The number of carbonyl (C=O) groups excluding carboxylic acids is 2. The summed E-state index contributed by atoms with van der Waals surface area (Å²) in [4.78, 5) is 27.9. The van der Waals surface area contributed by atoms with Gasteiger partial charge in [-0.2, -0.15) is 0 Å². The summed E-state index contributed by atoms with van der Waals surface area (Å²) in [5.41, 5.74) is 0.485.